The first-order valence-corrected chi connectivity index (χ1v) is 8.62. The highest BCUT2D eigenvalue weighted by Gasteiger charge is 2.26. The molecule has 0 N–H and O–H groups in total. The molecule has 0 aliphatic carbocycles. The van der Waals surface area contributed by atoms with Gasteiger partial charge in [-0.2, -0.15) is 16.9 Å². The molecule has 1 atom stereocenters. The molecule has 6 heteroatoms. The molecule has 1 saturated heterocycles. The van der Waals surface area contributed by atoms with Crippen molar-refractivity contribution in [3.63, 3.8) is 0 Å². The van der Waals surface area contributed by atoms with E-state index in [1.165, 1.54) is 11.3 Å². The van der Waals surface area contributed by atoms with Gasteiger partial charge in [0.25, 0.3) is 0 Å². The van der Waals surface area contributed by atoms with Gasteiger partial charge in [0.2, 0.25) is 0 Å². The molecule has 3 rings (SSSR count). The summed E-state index contributed by atoms with van der Waals surface area (Å²) in [6.07, 6.45) is 8.13. The summed E-state index contributed by atoms with van der Waals surface area (Å²) in [5.41, 5.74) is 1.31. The Morgan fingerprint density at radius 2 is 2.29 bits per heavy atom. The summed E-state index contributed by atoms with van der Waals surface area (Å²) in [6, 6.07) is 0.897. The highest BCUT2D eigenvalue weighted by atomic mass is 32.2. The number of thioether (sulfide) groups is 1. The number of nitrogens with zero attached hydrogens (tertiary/aromatic N) is 5. The summed E-state index contributed by atoms with van der Waals surface area (Å²) < 4.78 is 4.16. The third-order valence-corrected chi connectivity index (χ3v) is 5.02. The molecule has 2 aromatic rings. The Labute approximate surface area is 130 Å². The summed E-state index contributed by atoms with van der Waals surface area (Å²) in [7, 11) is 1.98. The van der Waals surface area contributed by atoms with Crippen molar-refractivity contribution in [3.8, 4) is 0 Å². The molecule has 5 nitrogen and oxygen atoms in total. The van der Waals surface area contributed by atoms with Crippen LogP contribution in [-0.4, -0.2) is 42.3 Å². The maximum atomic E-state index is 4.56. The van der Waals surface area contributed by atoms with Crippen LogP contribution in [-0.2, 0) is 13.6 Å². The fourth-order valence-electron chi connectivity index (χ4n) is 2.86. The number of imidazole rings is 1. The summed E-state index contributed by atoms with van der Waals surface area (Å²) in [6.45, 7) is 6.42. The van der Waals surface area contributed by atoms with Gasteiger partial charge in [0, 0.05) is 61.3 Å². The number of aromatic nitrogens is 4. The van der Waals surface area contributed by atoms with Crippen LogP contribution in [0.15, 0.2) is 24.8 Å². The SMILES string of the molecule is CC(C)n1ccnc1CN1CCSC[C@@H]1c1cnn(C)c1. The standard InChI is InChI=1S/C15H23N5S/c1-12(2)20-5-4-16-15(20)10-19-6-7-21-11-14(19)13-8-17-18(3)9-13/h4-5,8-9,12,14H,6-7,10-11H2,1-3H3/t14-/m1/s1. The predicted octanol–water partition coefficient (Wildman–Crippen LogP) is 2.49. The topological polar surface area (TPSA) is 38.9 Å². The molecule has 1 aliphatic rings. The molecule has 0 amide bonds. The van der Waals surface area contributed by atoms with Crippen molar-refractivity contribution in [1.82, 2.24) is 24.2 Å². The van der Waals surface area contributed by atoms with Crippen LogP contribution >= 0.6 is 11.8 Å². The van der Waals surface area contributed by atoms with Gasteiger partial charge in [-0.15, -0.1) is 0 Å². The van der Waals surface area contributed by atoms with Crippen molar-refractivity contribution in [3.05, 3.63) is 36.2 Å². The largest absolute Gasteiger partial charge is 0.331 e. The molecule has 3 heterocycles. The van der Waals surface area contributed by atoms with Crippen molar-refractivity contribution >= 4 is 11.8 Å². The van der Waals surface area contributed by atoms with Crippen LogP contribution in [0.4, 0.5) is 0 Å². The molecule has 0 aromatic carbocycles. The molecule has 0 bridgehead atoms. The lowest BCUT2D eigenvalue weighted by Crippen LogP contribution is -2.36. The zero-order chi connectivity index (χ0) is 14.8. The monoisotopic (exact) mass is 305 g/mol. The van der Waals surface area contributed by atoms with E-state index in [-0.39, 0.29) is 0 Å². The van der Waals surface area contributed by atoms with Crippen molar-refractivity contribution in [2.24, 2.45) is 7.05 Å². The van der Waals surface area contributed by atoms with Crippen LogP contribution in [0.25, 0.3) is 0 Å². The lowest BCUT2D eigenvalue weighted by atomic mass is 10.1. The first kappa shape index (κ1) is 14.7. The van der Waals surface area contributed by atoms with Crippen LogP contribution < -0.4 is 0 Å². The summed E-state index contributed by atoms with van der Waals surface area (Å²) in [4.78, 5) is 7.09. The second-order valence-electron chi connectivity index (χ2n) is 5.85. The summed E-state index contributed by atoms with van der Waals surface area (Å²) in [5.74, 6) is 3.48. The van der Waals surface area contributed by atoms with Gasteiger partial charge in [-0.25, -0.2) is 4.98 Å². The van der Waals surface area contributed by atoms with Gasteiger partial charge in [-0.3, -0.25) is 9.58 Å². The molecular formula is C15H23N5S. The van der Waals surface area contributed by atoms with Crippen molar-refractivity contribution in [1.29, 1.82) is 0 Å². The molecule has 1 fully saturated rings. The van der Waals surface area contributed by atoms with Gasteiger partial charge in [-0.05, 0) is 13.8 Å². The lowest BCUT2D eigenvalue weighted by Gasteiger charge is -2.34. The third-order valence-electron chi connectivity index (χ3n) is 4.00. The van der Waals surface area contributed by atoms with Crippen LogP contribution in [0.1, 0.15) is 37.3 Å². The quantitative estimate of drug-likeness (QED) is 0.870. The molecule has 0 radical (unpaired) electrons. The molecule has 0 spiro atoms. The minimum atomic E-state index is 0.440. The number of hydrogen-bond acceptors (Lipinski definition) is 4. The van der Waals surface area contributed by atoms with E-state index in [0.717, 1.165) is 24.7 Å². The molecule has 21 heavy (non-hydrogen) atoms. The number of rotatable bonds is 4. The molecule has 0 unspecified atom stereocenters. The maximum absolute atomic E-state index is 4.56. The highest BCUT2D eigenvalue weighted by molar-refractivity contribution is 7.99. The van der Waals surface area contributed by atoms with Crippen molar-refractivity contribution in [2.45, 2.75) is 32.5 Å². The lowest BCUT2D eigenvalue weighted by molar-refractivity contribution is 0.203. The van der Waals surface area contributed by atoms with Crippen LogP contribution in [0, 0.1) is 0 Å². The van der Waals surface area contributed by atoms with Gasteiger partial charge >= 0.3 is 0 Å². The Kier molecular flexibility index (Phi) is 4.35. The van der Waals surface area contributed by atoms with E-state index in [0.29, 0.717) is 12.1 Å². The van der Waals surface area contributed by atoms with E-state index in [4.69, 9.17) is 0 Å². The molecule has 0 saturated carbocycles. The number of aryl methyl sites for hydroxylation is 1. The van der Waals surface area contributed by atoms with Crippen molar-refractivity contribution in [2.75, 3.05) is 18.1 Å². The highest BCUT2D eigenvalue weighted by Crippen LogP contribution is 2.30. The normalized spacial score (nSPS) is 20.3. The fraction of sp³-hybridized carbons (Fsp3) is 0.600. The molecular weight excluding hydrogens is 282 g/mol. The zero-order valence-corrected chi connectivity index (χ0v) is 13.8. The van der Waals surface area contributed by atoms with Gasteiger partial charge in [0.15, 0.2) is 0 Å². The van der Waals surface area contributed by atoms with E-state index < -0.39 is 0 Å². The van der Waals surface area contributed by atoms with Gasteiger partial charge in [0.05, 0.1) is 12.7 Å². The third kappa shape index (κ3) is 3.16. The first-order chi connectivity index (χ1) is 10.1. The molecule has 1 aliphatic heterocycles. The Hall–Kier alpha value is -1.27. The Bertz CT molecular complexity index is 588. The zero-order valence-electron chi connectivity index (χ0n) is 12.9. The Morgan fingerprint density at radius 3 is 3.00 bits per heavy atom. The average molecular weight is 305 g/mol. The Morgan fingerprint density at radius 1 is 1.43 bits per heavy atom. The maximum Gasteiger partial charge on any atom is 0.123 e. The summed E-state index contributed by atoms with van der Waals surface area (Å²) >= 11 is 2.03. The summed E-state index contributed by atoms with van der Waals surface area (Å²) in [5, 5.41) is 4.33. The van der Waals surface area contributed by atoms with Crippen LogP contribution in [0.3, 0.4) is 0 Å². The van der Waals surface area contributed by atoms with E-state index in [1.807, 2.05) is 35.9 Å². The Balaban J connectivity index is 1.80. The smallest absolute Gasteiger partial charge is 0.123 e. The average Bonchev–Trinajstić information content (AvgIpc) is 3.08. The van der Waals surface area contributed by atoms with E-state index in [2.05, 4.69) is 45.8 Å². The van der Waals surface area contributed by atoms with E-state index in [1.54, 1.807) is 0 Å². The van der Waals surface area contributed by atoms with Crippen LogP contribution in [0.2, 0.25) is 0 Å². The predicted molar refractivity (Wildman–Crippen MR) is 86.3 cm³/mol. The first-order valence-electron chi connectivity index (χ1n) is 7.47. The van der Waals surface area contributed by atoms with Gasteiger partial charge in [-0.1, -0.05) is 0 Å². The van der Waals surface area contributed by atoms with Gasteiger partial charge < -0.3 is 4.57 Å². The number of hydrogen-bond donors (Lipinski definition) is 0. The second kappa shape index (κ2) is 6.23. The molecule has 114 valence electrons. The van der Waals surface area contributed by atoms with E-state index >= 15 is 0 Å². The second-order valence-corrected chi connectivity index (χ2v) is 7.00. The fourth-order valence-corrected chi connectivity index (χ4v) is 4.02. The minimum Gasteiger partial charge on any atom is -0.331 e. The minimum absolute atomic E-state index is 0.440. The van der Waals surface area contributed by atoms with Crippen molar-refractivity contribution < 1.29 is 0 Å². The van der Waals surface area contributed by atoms with Gasteiger partial charge in [0.1, 0.15) is 5.82 Å². The van der Waals surface area contributed by atoms with Crippen LogP contribution in [0.5, 0.6) is 0 Å². The molecule has 2 aromatic heterocycles. The van der Waals surface area contributed by atoms with E-state index in [9.17, 15) is 0 Å².